The first kappa shape index (κ1) is 25.5. The van der Waals surface area contributed by atoms with Crippen molar-refractivity contribution in [3.63, 3.8) is 0 Å². The molecule has 0 radical (unpaired) electrons. The Kier molecular flexibility index (Phi) is 7.55. The van der Waals surface area contributed by atoms with Crippen LogP contribution in [0.5, 0.6) is 5.75 Å². The third kappa shape index (κ3) is 6.25. The lowest BCUT2D eigenvalue weighted by Gasteiger charge is -2.18. The standard InChI is InChI=1S/C27H22N6O5S/c1-16-29-21-13-19(7-8-23(21)39-16)37-15-20-14-22(33-38-20)26(35)30-24(17-5-3-2-4-6-17)27(36)32-31-25(34)18-9-11-28-12-10-18/h2-14,24H,15H2,1H3,(H,30,35)(H,31,34)(H,32,36)/t24-/m0/s1. The molecule has 12 heteroatoms. The summed E-state index contributed by atoms with van der Waals surface area (Å²) in [5.41, 5.74) is 6.31. The Balaban J connectivity index is 1.23. The van der Waals surface area contributed by atoms with Crippen molar-refractivity contribution in [2.45, 2.75) is 19.6 Å². The summed E-state index contributed by atoms with van der Waals surface area (Å²) in [6.45, 7) is 1.98. The van der Waals surface area contributed by atoms with Crippen LogP contribution in [0.2, 0.25) is 0 Å². The number of aryl methyl sites for hydroxylation is 1. The molecule has 3 N–H and O–H groups in total. The lowest BCUT2D eigenvalue weighted by Crippen LogP contribution is -2.48. The van der Waals surface area contributed by atoms with Gasteiger partial charge in [0.2, 0.25) is 0 Å². The lowest BCUT2D eigenvalue weighted by atomic mass is 10.1. The molecule has 0 saturated heterocycles. The molecule has 11 nitrogen and oxygen atoms in total. The van der Waals surface area contributed by atoms with Gasteiger partial charge >= 0.3 is 0 Å². The van der Waals surface area contributed by atoms with E-state index in [0.29, 0.717) is 22.6 Å². The van der Waals surface area contributed by atoms with E-state index in [1.807, 2.05) is 25.1 Å². The van der Waals surface area contributed by atoms with Crippen molar-refractivity contribution >= 4 is 39.3 Å². The van der Waals surface area contributed by atoms with Gasteiger partial charge in [0, 0.05) is 30.1 Å². The molecule has 0 spiro atoms. The number of benzene rings is 2. The molecule has 0 aliphatic carbocycles. The summed E-state index contributed by atoms with van der Waals surface area (Å²) < 4.78 is 12.1. The molecule has 3 aromatic heterocycles. The molecule has 2 aromatic carbocycles. The van der Waals surface area contributed by atoms with E-state index in [1.165, 1.54) is 30.6 Å². The molecule has 39 heavy (non-hydrogen) atoms. The number of rotatable bonds is 8. The number of aromatic nitrogens is 3. The highest BCUT2D eigenvalue weighted by molar-refractivity contribution is 7.18. The van der Waals surface area contributed by atoms with Crippen LogP contribution in [0.1, 0.15) is 43.2 Å². The van der Waals surface area contributed by atoms with Gasteiger partial charge in [-0.1, -0.05) is 35.5 Å². The molecular formula is C27H22N6O5S. The number of amides is 3. The van der Waals surface area contributed by atoms with Crippen LogP contribution in [0.4, 0.5) is 0 Å². The Morgan fingerprint density at radius 1 is 0.974 bits per heavy atom. The molecule has 3 amide bonds. The topological polar surface area (TPSA) is 148 Å². The SMILES string of the molecule is Cc1nc2cc(OCc3cc(C(=O)N[C@H](C(=O)NNC(=O)c4ccncc4)c4ccccc4)no3)ccc2s1. The van der Waals surface area contributed by atoms with E-state index >= 15 is 0 Å². The number of ether oxygens (including phenoxy) is 1. The molecule has 0 bridgehead atoms. The maximum absolute atomic E-state index is 13.0. The van der Waals surface area contributed by atoms with Gasteiger partial charge in [-0.05, 0) is 36.8 Å². The molecule has 196 valence electrons. The highest BCUT2D eigenvalue weighted by Gasteiger charge is 2.25. The Labute approximate surface area is 226 Å². The van der Waals surface area contributed by atoms with Crippen LogP contribution in [0.15, 0.2) is 83.6 Å². The number of pyridine rings is 1. The average molecular weight is 543 g/mol. The molecule has 0 aliphatic heterocycles. The fraction of sp³-hybridized carbons (Fsp3) is 0.111. The molecule has 1 atom stereocenters. The van der Waals surface area contributed by atoms with Gasteiger partial charge < -0.3 is 14.6 Å². The number of carbonyl (C=O) groups excluding carboxylic acids is 3. The van der Waals surface area contributed by atoms with Gasteiger partial charge in [0.05, 0.1) is 15.2 Å². The second-order valence-corrected chi connectivity index (χ2v) is 9.56. The summed E-state index contributed by atoms with van der Waals surface area (Å²) in [4.78, 5) is 46.6. The van der Waals surface area contributed by atoms with E-state index in [2.05, 4.69) is 31.3 Å². The minimum absolute atomic E-state index is 0.0336. The first-order chi connectivity index (χ1) is 19.0. The predicted octanol–water partition coefficient (Wildman–Crippen LogP) is 3.50. The van der Waals surface area contributed by atoms with Crippen molar-refractivity contribution in [3.8, 4) is 5.75 Å². The monoisotopic (exact) mass is 542 g/mol. The number of thiazole rings is 1. The van der Waals surface area contributed by atoms with Gasteiger partial charge in [0.1, 0.15) is 18.4 Å². The van der Waals surface area contributed by atoms with Gasteiger partial charge in [-0.3, -0.25) is 30.2 Å². The van der Waals surface area contributed by atoms with Crippen LogP contribution in [0, 0.1) is 6.92 Å². The number of nitrogens with zero attached hydrogens (tertiary/aromatic N) is 3. The van der Waals surface area contributed by atoms with Crippen LogP contribution in [-0.4, -0.2) is 32.8 Å². The van der Waals surface area contributed by atoms with Crippen molar-refractivity contribution in [1.82, 2.24) is 31.3 Å². The van der Waals surface area contributed by atoms with E-state index in [-0.39, 0.29) is 12.3 Å². The number of nitrogens with one attached hydrogen (secondary N) is 3. The summed E-state index contributed by atoms with van der Waals surface area (Å²) >= 11 is 1.60. The molecule has 5 rings (SSSR count). The van der Waals surface area contributed by atoms with Gasteiger partial charge in [-0.15, -0.1) is 11.3 Å². The van der Waals surface area contributed by atoms with Gasteiger partial charge in [0.25, 0.3) is 17.7 Å². The van der Waals surface area contributed by atoms with Crippen molar-refractivity contribution in [2.24, 2.45) is 0 Å². The molecule has 0 aliphatic rings. The zero-order chi connectivity index (χ0) is 27.2. The predicted molar refractivity (Wildman–Crippen MR) is 142 cm³/mol. The fourth-order valence-electron chi connectivity index (χ4n) is 3.67. The number of hydrazine groups is 1. The Morgan fingerprint density at radius 2 is 1.77 bits per heavy atom. The lowest BCUT2D eigenvalue weighted by molar-refractivity contribution is -0.123. The minimum atomic E-state index is -1.12. The Bertz CT molecular complexity index is 1620. The van der Waals surface area contributed by atoms with Crippen LogP contribution in [0.25, 0.3) is 10.2 Å². The van der Waals surface area contributed by atoms with Crippen LogP contribution in [0.3, 0.4) is 0 Å². The third-order valence-electron chi connectivity index (χ3n) is 5.55. The third-order valence-corrected chi connectivity index (χ3v) is 6.50. The number of hydrogen-bond acceptors (Lipinski definition) is 9. The first-order valence-electron chi connectivity index (χ1n) is 11.8. The number of hydrogen-bond donors (Lipinski definition) is 3. The number of carbonyl (C=O) groups is 3. The van der Waals surface area contributed by atoms with E-state index in [4.69, 9.17) is 9.26 Å². The zero-order valence-electron chi connectivity index (χ0n) is 20.6. The summed E-state index contributed by atoms with van der Waals surface area (Å²) in [7, 11) is 0. The van der Waals surface area contributed by atoms with E-state index in [9.17, 15) is 14.4 Å². The maximum Gasteiger partial charge on any atom is 0.274 e. The van der Waals surface area contributed by atoms with E-state index < -0.39 is 23.8 Å². The van der Waals surface area contributed by atoms with Crippen LogP contribution in [-0.2, 0) is 11.4 Å². The fourth-order valence-corrected chi connectivity index (χ4v) is 4.48. The largest absolute Gasteiger partial charge is 0.485 e. The highest BCUT2D eigenvalue weighted by Crippen LogP contribution is 2.26. The normalized spacial score (nSPS) is 11.5. The van der Waals surface area contributed by atoms with E-state index in [1.54, 1.807) is 41.7 Å². The van der Waals surface area contributed by atoms with Crippen LogP contribution >= 0.6 is 11.3 Å². The Hall–Kier alpha value is -5.10. The quantitative estimate of drug-likeness (QED) is 0.252. The average Bonchev–Trinajstić information content (AvgIpc) is 3.59. The van der Waals surface area contributed by atoms with E-state index in [0.717, 1.165) is 15.2 Å². The molecule has 0 saturated carbocycles. The molecule has 3 heterocycles. The van der Waals surface area contributed by atoms with Crippen molar-refractivity contribution in [3.05, 3.63) is 107 Å². The second kappa shape index (κ2) is 11.5. The summed E-state index contributed by atoms with van der Waals surface area (Å²) in [5.74, 6) is -0.913. The zero-order valence-corrected chi connectivity index (χ0v) is 21.4. The summed E-state index contributed by atoms with van der Waals surface area (Å²) in [5, 5.41) is 7.42. The van der Waals surface area contributed by atoms with Gasteiger partial charge in [-0.25, -0.2) is 4.98 Å². The summed E-state index contributed by atoms with van der Waals surface area (Å²) in [6.07, 6.45) is 2.92. The highest BCUT2D eigenvalue weighted by atomic mass is 32.1. The Morgan fingerprint density at radius 3 is 2.56 bits per heavy atom. The molecular weight excluding hydrogens is 520 g/mol. The van der Waals surface area contributed by atoms with Crippen molar-refractivity contribution in [2.75, 3.05) is 0 Å². The summed E-state index contributed by atoms with van der Waals surface area (Å²) in [6, 6.07) is 17.5. The maximum atomic E-state index is 13.0. The smallest absolute Gasteiger partial charge is 0.274 e. The van der Waals surface area contributed by atoms with Gasteiger partial charge in [0.15, 0.2) is 11.5 Å². The molecule has 5 aromatic rings. The van der Waals surface area contributed by atoms with Gasteiger partial charge in [-0.2, -0.15) is 0 Å². The second-order valence-electron chi connectivity index (χ2n) is 8.33. The minimum Gasteiger partial charge on any atom is -0.485 e. The first-order valence-corrected chi connectivity index (χ1v) is 12.6. The van der Waals surface area contributed by atoms with Crippen molar-refractivity contribution in [1.29, 1.82) is 0 Å². The number of fused-ring (bicyclic) bond motifs is 1. The molecule has 0 unspecified atom stereocenters. The van der Waals surface area contributed by atoms with Crippen LogP contribution < -0.4 is 20.9 Å². The molecule has 0 fully saturated rings. The van der Waals surface area contributed by atoms with Crippen molar-refractivity contribution < 1.29 is 23.6 Å².